The minimum atomic E-state index is -4.55. The first kappa shape index (κ1) is 27.9. The molecule has 0 aliphatic carbocycles. The van der Waals surface area contributed by atoms with Crippen LogP contribution < -0.4 is 15.2 Å². The third kappa shape index (κ3) is 5.64. The molecule has 1 heterocycles. The number of nitrogens with two attached hydrogens (primary N) is 1. The van der Waals surface area contributed by atoms with Crippen molar-refractivity contribution in [1.29, 1.82) is 0 Å². The van der Waals surface area contributed by atoms with Crippen LogP contribution in [0.5, 0.6) is 11.5 Å². The number of carboxylic acids is 1. The Morgan fingerprint density at radius 3 is 2.18 bits per heavy atom. The molecule has 4 rings (SSSR count). The molecule has 38 heavy (non-hydrogen) atoms. The number of rotatable bonds is 11. The third-order valence-electron chi connectivity index (χ3n) is 5.94. The summed E-state index contributed by atoms with van der Waals surface area (Å²) < 4.78 is 38.6. The average Bonchev–Trinajstić information content (AvgIpc) is 3.34. The van der Waals surface area contributed by atoms with Crippen LogP contribution in [0, 0.1) is 0 Å². The van der Waals surface area contributed by atoms with Gasteiger partial charge in [0.1, 0.15) is 11.5 Å². The lowest BCUT2D eigenvalue weighted by atomic mass is 10.1. The van der Waals surface area contributed by atoms with Gasteiger partial charge in [0, 0.05) is 18.2 Å². The zero-order chi connectivity index (χ0) is 27.5. The minimum absolute atomic E-state index is 0.00904. The van der Waals surface area contributed by atoms with Gasteiger partial charge in [0.05, 0.1) is 35.4 Å². The molecule has 4 aromatic rings. The molecule has 0 bridgehead atoms. The van der Waals surface area contributed by atoms with Crippen LogP contribution in [0.4, 0.5) is 0 Å². The quantitative estimate of drug-likeness (QED) is 0.224. The fraction of sp³-hybridized carbons (Fsp3) is 0.231. The highest BCUT2D eigenvalue weighted by molar-refractivity contribution is 8.01. The number of hydrogen-bond acceptors (Lipinski definition) is 10. The molecule has 12 heteroatoms. The smallest absolute Gasteiger partial charge is 0.340 e. The van der Waals surface area contributed by atoms with E-state index in [1.54, 1.807) is 44.6 Å². The van der Waals surface area contributed by atoms with Gasteiger partial charge in [-0.1, -0.05) is 36.0 Å². The van der Waals surface area contributed by atoms with E-state index in [1.807, 2.05) is 24.3 Å². The van der Waals surface area contributed by atoms with E-state index in [9.17, 15) is 23.4 Å². The second-order valence-electron chi connectivity index (χ2n) is 8.43. The first-order valence-corrected chi connectivity index (χ1v) is 14.6. The maximum absolute atomic E-state index is 13.4. The maximum atomic E-state index is 13.4. The van der Waals surface area contributed by atoms with Crippen molar-refractivity contribution in [2.24, 2.45) is 5.73 Å². The van der Waals surface area contributed by atoms with Crippen molar-refractivity contribution in [3.8, 4) is 22.6 Å². The molecule has 3 aromatic carbocycles. The molecule has 2 atom stereocenters. The van der Waals surface area contributed by atoms with Crippen molar-refractivity contribution < 1.29 is 32.9 Å². The zero-order valence-corrected chi connectivity index (χ0v) is 23.0. The number of thiazole rings is 1. The van der Waals surface area contributed by atoms with Crippen LogP contribution in [-0.2, 0) is 14.6 Å². The number of fused-ring (bicyclic) bond motifs is 1. The molecule has 0 fully saturated rings. The van der Waals surface area contributed by atoms with Crippen LogP contribution in [0.25, 0.3) is 21.3 Å². The first-order valence-electron chi connectivity index (χ1n) is 11.3. The highest BCUT2D eigenvalue weighted by Gasteiger charge is 2.49. The summed E-state index contributed by atoms with van der Waals surface area (Å²) in [6, 6.07) is 18.4. The predicted molar refractivity (Wildman–Crippen MR) is 148 cm³/mol. The fourth-order valence-corrected chi connectivity index (χ4v) is 7.34. The van der Waals surface area contributed by atoms with Crippen LogP contribution in [0.2, 0.25) is 0 Å². The molecule has 9 nitrogen and oxygen atoms in total. The van der Waals surface area contributed by atoms with E-state index in [0.717, 1.165) is 21.3 Å². The number of aliphatic carboxylic acids is 1. The summed E-state index contributed by atoms with van der Waals surface area (Å²) in [5, 5.41) is 20.4. The molecule has 200 valence electrons. The summed E-state index contributed by atoms with van der Waals surface area (Å²) in [5.74, 6) is -0.388. The van der Waals surface area contributed by atoms with Crippen molar-refractivity contribution in [2.75, 3.05) is 20.0 Å². The number of aliphatic hydroxyl groups excluding tert-OH is 1. The van der Waals surface area contributed by atoms with Gasteiger partial charge in [0.2, 0.25) is 14.7 Å². The van der Waals surface area contributed by atoms with E-state index in [1.165, 1.54) is 35.2 Å². The van der Waals surface area contributed by atoms with Gasteiger partial charge in [-0.15, -0.1) is 11.3 Å². The average molecular weight is 575 g/mol. The summed E-state index contributed by atoms with van der Waals surface area (Å²) in [7, 11) is -1.43. The number of benzene rings is 3. The van der Waals surface area contributed by atoms with Gasteiger partial charge >= 0.3 is 5.97 Å². The SMILES string of the molecule is COc1ccc(-c2ccc(S(=O)(=O)C(N)(CC(O)CSc3nc4cc(OC)ccc4s3)C(=O)O)cc2)cc1. The summed E-state index contributed by atoms with van der Waals surface area (Å²) in [6.45, 7) is 0. The normalized spacial score (nSPS) is 14.1. The Bertz CT molecular complexity index is 1540. The lowest BCUT2D eigenvalue weighted by Crippen LogP contribution is -2.56. The lowest BCUT2D eigenvalue weighted by molar-refractivity contribution is -0.140. The van der Waals surface area contributed by atoms with Crippen LogP contribution in [0.3, 0.4) is 0 Å². The van der Waals surface area contributed by atoms with Gasteiger partial charge in [-0.25, -0.2) is 18.2 Å². The Balaban J connectivity index is 1.49. The van der Waals surface area contributed by atoms with Gasteiger partial charge in [-0.2, -0.15) is 0 Å². The molecular weight excluding hydrogens is 548 g/mol. The van der Waals surface area contributed by atoms with E-state index < -0.39 is 33.2 Å². The lowest BCUT2D eigenvalue weighted by Gasteiger charge is -2.27. The Morgan fingerprint density at radius 2 is 1.61 bits per heavy atom. The van der Waals surface area contributed by atoms with Crippen LogP contribution in [-0.4, -0.2) is 60.5 Å². The molecule has 0 aliphatic rings. The van der Waals surface area contributed by atoms with Crippen molar-refractivity contribution in [2.45, 2.75) is 26.6 Å². The van der Waals surface area contributed by atoms with Crippen molar-refractivity contribution in [1.82, 2.24) is 4.98 Å². The summed E-state index contributed by atoms with van der Waals surface area (Å²) in [4.78, 5) is 13.6. The zero-order valence-electron chi connectivity index (χ0n) is 20.5. The number of carbonyl (C=O) groups is 1. The van der Waals surface area contributed by atoms with Gasteiger partial charge in [-0.05, 0) is 47.5 Å². The topological polar surface area (TPSA) is 149 Å². The van der Waals surface area contributed by atoms with Gasteiger partial charge in [0.15, 0.2) is 4.34 Å². The largest absolute Gasteiger partial charge is 0.497 e. The Morgan fingerprint density at radius 1 is 1.03 bits per heavy atom. The second-order valence-corrected chi connectivity index (χ2v) is 12.9. The molecule has 0 saturated carbocycles. The number of carboxylic acid groups (broad SMARTS) is 1. The number of ether oxygens (including phenoxy) is 2. The number of hydrogen-bond donors (Lipinski definition) is 3. The molecular formula is C26H26N2O7S3. The standard InChI is InChI=1S/C26H26N2O7S3/c1-34-19-7-3-16(4-8-19)17-5-10-21(11-6-17)38(32,33)26(27,24(30)31)14-18(29)15-36-25-28-22-13-20(35-2)9-12-23(22)37-25/h3-13,18,29H,14-15,27H2,1-2H3,(H,30,31). The minimum Gasteiger partial charge on any atom is -0.497 e. The van der Waals surface area contributed by atoms with Crippen molar-refractivity contribution in [3.63, 3.8) is 0 Å². The molecule has 0 saturated heterocycles. The molecule has 0 aliphatic heterocycles. The van der Waals surface area contributed by atoms with Gasteiger partial charge in [0.25, 0.3) is 0 Å². The van der Waals surface area contributed by atoms with E-state index in [2.05, 4.69) is 4.98 Å². The van der Waals surface area contributed by atoms with E-state index >= 15 is 0 Å². The van der Waals surface area contributed by atoms with Gasteiger partial charge < -0.3 is 25.4 Å². The molecule has 2 unspecified atom stereocenters. The molecule has 0 spiro atoms. The molecule has 0 radical (unpaired) electrons. The second kappa shape index (κ2) is 11.3. The first-order chi connectivity index (χ1) is 18.1. The Kier molecular flexibility index (Phi) is 8.28. The van der Waals surface area contributed by atoms with Crippen molar-refractivity contribution in [3.05, 3.63) is 66.7 Å². The highest BCUT2D eigenvalue weighted by Crippen LogP contribution is 2.34. The summed E-state index contributed by atoms with van der Waals surface area (Å²) in [6.07, 6.45) is -2.02. The van der Waals surface area contributed by atoms with Gasteiger partial charge in [-0.3, -0.25) is 0 Å². The fourth-order valence-electron chi connectivity index (χ4n) is 3.78. The number of aliphatic hydroxyl groups is 1. The van der Waals surface area contributed by atoms with Crippen LogP contribution in [0.15, 0.2) is 76.0 Å². The number of thioether (sulfide) groups is 1. The van der Waals surface area contributed by atoms with Crippen molar-refractivity contribution >= 4 is 49.1 Å². The number of sulfone groups is 1. The predicted octanol–water partition coefficient (Wildman–Crippen LogP) is 4.04. The molecule has 4 N–H and O–H groups in total. The molecule has 1 aromatic heterocycles. The Labute approximate surface area is 228 Å². The van der Waals surface area contributed by atoms with Crippen LogP contribution in [0.1, 0.15) is 6.42 Å². The monoisotopic (exact) mass is 574 g/mol. The van der Waals surface area contributed by atoms with E-state index in [4.69, 9.17) is 15.2 Å². The van der Waals surface area contributed by atoms with Crippen LogP contribution >= 0.6 is 23.1 Å². The number of methoxy groups -OCH3 is 2. The maximum Gasteiger partial charge on any atom is 0.340 e. The number of aromatic nitrogens is 1. The molecule has 0 amide bonds. The number of nitrogens with zero attached hydrogens (tertiary/aromatic N) is 1. The highest BCUT2D eigenvalue weighted by atomic mass is 32.2. The third-order valence-corrected chi connectivity index (χ3v) is 10.5. The summed E-state index contributed by atoms with van der Waals surface area (Å²) >= 11 is 2.59. The Hall–Kier alpha value is -3.16. The van der Waals surface area contributed by atoms with E-state index in [0.29, 0.717) is 15.8 Å². The summed E-state index contributed by atoms with van der Waals surface area (Å²) in [5.41, 5.74) is 8.28. The van der Waals surface area contributed by atoms with E-state index in [-0.39, 0.29) is 10.6 Å².